The first-order chi connectivity index (χ1) is 8.54. The third-order valence-electron chi connectivity index (χ3n) is 3.47. The molecule has 1 aliphatic rings. The van der Waals surface area contributed by atoms with Crippen LogP contribution in [0.4, 0.5) is 11.4 Å². The molecule has 0 spiro atoms. The topological polar surface area (TPSA) is 79.0 Å². The van der Waals surface area contributed by atoms with Gasteiger partial charge < -0.3 is 5.32 Å². The Bertz CT molecular complexity index is 513. The molecule has 1 fully saturated rings. The van der Waals surface area contributed by atoms with Crippen LogP contribution in [0.25, 0.3) is 0 Å². The zero-order valence-corrected chi connectivity index (χ0v) is 10.3. The minimum atomic E-state index is -0.415. The first-order valence-electron chi connectivity index (χ1n) is 6.01. The zero-order chi connectivity index (χ0) is 13.2. The molecule has 1 aromatic rings. The SMILES string of the molecule is CC1(Nc2cc(C#N)ccc2[N+](=O)[O-])CCCC1. The van der Waals surface area contributed by atoms with Gasteiger partial charge in [-0.15, -0.1) is 0 Å². The van der Waals surface area contributed by atoms with E-state index in [0.29, 0.717) is 11.3 Å². The normalized spacial score (nSPS) is 17.1. The number of nitrogens with one attached hydrogen (secondary N) is 1. The minimum Gasteiger partial charge on any atom is -0.374 e. The van der Waals surface area contributed by atoms with Crippen molar-refractivity contribution in [2.45, 2.75) is 38.1 Å². The summed E-state index contributed by atoms with van der Waals surface area (Å²) < 4.78 is 0. The number of nitro benzene ring substituents is 1. The number of hydrogen-bond acceptors (Lipinski definition) is 4. The van der Waals surface area contributed by atoms with E-state index >= 15 is 0 Å². The van der Waals surface area contributed by atoms with Crippen LogP contribution in [0.3, 0.4) is 0 Å². The Hall–Kier alpha value is -2.09. The molecule has 5 heteroatoms. The summed E-state index contributed by atoms with van der Waals surface area (Å²) in [6, 6.07) is 6.43. The molecule has 2 rings (SSSR count). The Kier molecular flexibility index (Phi) is 3.19. The van der Waals surface area contributed by atoms with E-state index in [9.17, 15) is 10.1 Å². The number of nitrogens with zero attached hydrogens (tertiary/aromatic N) is 2. The first kappa shape index (κ1) is 12.4. The van der Waals surface area contributed by atoms with Crippen LogP contribution in [0.15, 0.2) is 18.2 Å². The van der Waals surface area contributed by atoms with Crippen LogP contribution in [-0.4, -0.2) is 10.5 Å². The molecule has 1 saturated carbocycles. The highest BCUT2D eigenvalue weighted by atomic mass is 16.6. The predicted molar refractivity (Wildman–Crippen MR) is 68.3 cm³/mol. The van der Waals surface area contributed by atoms with Gasteiger partial charge in [-0.1, -0.05) is 12.8 Å². The number of nitro groups is 1. The second-order valence-electron chi connectivity index (χ2n) is 4.99. The van der Waals surface area contributed by atoms with Gasteiger partial charge in [-0.3, -0.25) is 10.1 Å². The zero-order valence-electron chi connectivity index (χ0n) is 10.3. The summed E-state index contributed by atoms with van der Waals surface area (Å²) in [5.74, 6) is 0. The lowest BCUT2D eigenvalue weighted by atomic mass is 9.99. The van der Waals surface area contributed by atoms with Crippen molar-refractivity contribution in [2.75, 3.05) is 5.32 Å². The molecule has 0 heterocycles. The Morgan fingerprint density at radius 2 is 2.11 bits per heavy atom. The maximum Gasteiger partial charge on any atom is 0.292 e. The van der Waals surface area contributed by atoms with Gasteiger partial charge in [0.2, 0.25) is 0 Å². The molecule has 0 saturated heterocycles. The number of nitriles is 1. The third kappa shape index (κ3) is 2.43. The molecule has 0 aliphatic heterocycles. The summed E-state index contributed by atoms with van der Waals surface area (Å²) in [6.45, 7) is 2.07. The average Bonchev–Trinajstić information content (AvgIpc) is 2.75. The minimum absolute atomic E-state index is 0.0297. The molecular weight excluding hydrogens is 230 g/mol. The Labute approximate surface area is 106 Å². The summed E-state index contributed by atoms with van der Waals surface area (Å²) in [4.78, 5) is 10.6. The van der Waals surface area contributed by atoms with Gasteiger partial charge in [0.1, 0.15) is 5.69 Å². The molecule has 0 amide bonds. The predicted octanol–water partition coefficient (Wildman–Crippen LogP) is 3.21. The standard InChI is InChI=1S/C13H15N3O2/c1-13(6-2-3-7-13)15-11-8-10(9-14)4-5-12(11)16(17)18/h4-5,8,15H,2-3,6-7H2,1H3. The molecule has 5 nitrogen and oxygen atoms in total. The lowest BCUT2D eigenvalue weighted by Gasteiger charge is -2.26. The van der Waals surface area contributed by atoms with Gasteiger partial charge in [0.25, 0.3) is 5.69 Å². The van der Waals surface area contributed by atoms with Crippen molar-refractivity contribution in [1.82, 2.24) is 0 Å². The lowest BCUT2D eigenvalue weighted by molar-refractivity contribution is -0.384. The number of benzene rings is 1. The van der Waals surface area contributed by atoms with Crippen LogP contribution in [-0.2, 0) is 0 Å². The highest BCUT2D eigenvalue weighted by Crippen LogP contribution is 2.35. The number of hydrogen-bond donors (Lipinski definition) is 1. The molecule has 1 aliphatic carbocycles. The maximum absolute atomic E-state index is 11.0. The lowest BCUT2D eigenvalue weighted by Crippen LogP contribution is -2.31. The molecule has 0 unspecified atom stereocenters. The maximum atomic E-state index is 11.0. The van der Waals surface area contributed by atoms with Gasteiger partial charge in [0, 0.05) is 11.6 Å². The Morgan fingerprint density at radius 1 is 1.44 bits per heavy atom. The van der Waals surface area contributed by atoms with E-state index in [2.05, 4.69) is 12.2 Å². The van der Waals surface area contributed by atoms with E-state index in [0.717, 1.165) is 25.7 Å². The molecule has 0 atom stereocenters. The van der Waals surface area contributed by atoms with E-state index in [1.165, 1.54) is 12.1 Å². The summed E-state index contributed by atoms with van der Waals surface area (Å²) in [6.07, 6.45) is 4.27. The number of anilines is 1. The van der Waals surface area contributed by atoms with Crippen molar-refractivity contribution in [1.29, 1.82) is 5.26 Å². The molecule has 1 N–H and O–H groups in total. The quantitative estimate of drug-likeness (QED) is 0.655. The monoisotopic (exact) mass is 245 g/mol. The summed E-state index contributed by atoms with van der Waals surface area (Å²) in [5.41, 5.74) is 0.814. The second kappa shape index (κ2) is 4.65. The molecular formula is C13H15N3O2. The largest absolute Gasteiger partial charge is 0.374 e. The second-order valence-corrected chi connectivity index (χ2v) is 4.99. The van der Waals surface area contributed by atoms with E-state index in [-0.39, 0.29) is 11.2 Å². The average molecular weight is 245 g/mol. The highest BCUT2D eigenvalue weighted by Gasteiger charge is 2.30. The molecule has 0 aromatic heterocycles. The Morgan fingerprint density at radius 3 is 2.67 bits per heavy atom. The molecule has 0 bridgehead atoms. The number of rotatable bonds is 3. The Balaban J connectivity index is 2.35. The van der Waals surface area contributed by atoms with E-state index in [4.69, 9.17) is 5.26 Å². The highest BCUT2D eigenvalue weighted by molar-refractivity contribution is 5.65. The fraction of sp³-hybridized carbons (Fsp3) is 0.462. The van der Waals surface area contributed by atoms with Gasteiger partial charge in [-0.25, -0.2) is 0 Å². The molecule has 18 heavy (non-hydrogen) atoms. The smallest absolute Gasteiger partial charge is 0.292 e. The van der Waals surface area contributed by atoms with Crippen LogP contribution in [0.2, 0.25) is 0 Å². The summed E-state index contributed by atoms with van der Waals surface area (Å²) in [5, 5.41) is 23.1. The van der Waals surface area contributed by atoms with E-state index < -0.39 is 4.92 Å². The van der Waals surface area contributed by atoms with Crippen molar-refractivity contribution < 1.29 is 4.92 Å². The van der Waals surface area contributed by atoms with Crippen LogP contribution < -0.4 is 5.32 Å². The molecule has 94 valence electrons. The molecule has 1 aromatic carbocycles. The van der Waals surface area contributed by atoms with Crippen LogP contribution in [0.1, 0.15) is 38.2 Å². The van der Waals surface area contributed by atoms with Crippen LogP contribution >= 0.6 is 0 Å². The first-order valence-corrected chi connectivity index (χ1v) is 6.01. The van der Waals surface area contributed by atoms with Crippen LogP contribution in [0.5, 0.6) is 0 Å². The van der Waals surface area contributed by atoms with E-state index in [1.807, 2.05) is 6.07 Å². The third-order valence-corrected chi connectivity index (χ3v) is 3.47. The van der Waals surface area contributed by atoms with Crippen molar-refractivity contribution in [3.05, 3.63) is 33.9 Å². The van der Waals surface area contributed by atoms with Gasteiger partial charge in [-0.2, -0.15) is 5.26 Å². The summed E-state index contributed by atoms with van der Waals surface area (Å²) >= 11 is 0. The van der Waals surface area contributed by atoms with Gasteiger partial charge in [-0.05, 0) is 31.9 Å². The van der Waals surface area contributed by atoms with Gasteiger partial charge in [0.05, 0.1) is 16.6 Å². The van der Waals surface area contributed by atoms with Crippen molar-refractivity contribution >= 4 is 11.4 Å². The molecule has 0 radical (unpaired) electrons. The fourth-order valence-electron chi connectivity index (χ4n) is 2.47. The fourth-order valence-corrected chi connectivity index (χ4v) is 2.47. The van der Waals surface area contributed by atoms with Crippen LogP contribution in [0, 0.1) is 21.4 Å². The van der Waals surface area contributed by atoms with Gasteiger partial charge in [0.15, 0.2) is 0 Å². The van der Waals surface area contributed by atoms with Gasteiger partial charge >= 0.3 is 0 Å². The van der Waals surface area contributed by atoms with Crippen molar-refractivity contribution in [3.63, 3.8) is 0 Å². The van der Waals surface area contributed by atoms with Crippen molar-refractivity contribution in [2.24, 2.45) is 0 Å². The summed E-state index contributed by atoms with van der Waals surface area (Å²) in [7, 11) is 0. The van der Waals surface area contributed by atoms with E-state index in [1.54, 1.807) is 6.07 Å². The van der Waals surface area contributed by atoms with Crippen molar-refractivity contribution in [3.8, 4) is 6.07 Å².